The van der Waals surface area contributed by atoms with Crippen molar-refractivity contribution < 1.29 is 17.9 Å². The fourth-order valence-corrected chi connectivity index (χ4v) is 5.68. The summed E-state index contributed by atoms with van der Waals surface area (Å²) in [4.78, 5) is 15.4. The van der Waals surface area contributed by atoms with Crippen LogP contribution in [0.4, 0.5) is 5.69 Å². The van der Waals surface area contributed by atoms with E-state index in [4.69, 9.17) is 4.74 Å². The van der Waals surface area contributed by atoms with Gasteiger partial charge in [0.25, 0.3) is 5.91 Å². The van der Waals surface area contributed by atoms with E-state index < -0.39 is 10.0 Å². The molecular formula is C23H32N4O4S. The number of sulfonamides is 1. The summed E-state index contributed by atoms with van der Waals surface area (Å²) in [6.45, 7) is 6.89. The van der Waals surface area contributed by atoms with Crippen LogP contribution in [0.5, 0.6) is 0 Å². The Morgan fingerprint density at radius 3 is 2.41 bits per heavy atom. The molecule has 1 aromatic heterocycles. The second-order valence-electron chi connectivity index (χ2n) is 8.80. The normalized spacial score (nSPS) is 19.2. The Morgan fingerprint density at radius 2 is 1.75 bits per heavy atom. The Hall–Kier alpha value is -2.20. The maximum Gasteiger partial charge on any atom is 0.272 e. The smallest absolute Gasteiger partial charge is 0.272 e. The summed E-state index contributed by atoms with van der Waals surface area (Å²) < 4.78 is 33.9. The van der Waals surface area contributed by atoms with Crippen LogP contribution in [0.3, 0.4) is 0 Å². The van der Waals surface area contributed by atoms with Gasteiger partial charge in [0.05, 0.1) is 13.2 Å². The summed E-state index contributed by atoms with van der Waals surface area (Å²) >= 11 is 0. The van der Waals surface area contributed by atoms with Gasteiger partial charge in [-0.05, 0) is 55.6 Å². The maximum absolute atomic E-state index is 12.9. The van der Waals surface area contributed by atoms with Gasteiger partial charge in [0.1, 0.15) is 10.6 Å². The molecule has 0 aliphatic carbocycles. The molecule has 0 unspecified atom stereocenters. The van der Waals surface area contributed by atoms with Crippen LogP contribution < -0.4 is 5.32 Å². The number of ether oxygens (including phenoxy) is 1. The van der Waals surface area contributed by atoms with Gasteiger partial charge < -0.3 is 14.6 Å². The van der Waals surface area contributed by atoms with Gasteiger partial charge in [0.15, 0.2) is 0 Å². The molecule has 0 atom stereocenters. The quantitative estimate of drug-likeness (QED) is 0.716. The number of piperidine rings is 1. The maximum atomic E-state index is 12.9. The van der Waals surface area contributed by atoms with E-state index in [0.29, 0.717) is 37.7 Å². The third kappa shape index (κ3) is 5.23. The summed E-state index contributed by atoms with van der Waals surface area (Å²) in [7, 11) is -1.97. The molecule has 2 aromatic rings. The number of likely N-dealkylation sites (tertiary alicyclic amines) is 1. The fraction of sp³-hybridized carbons (Fsp3) is 0.522. The van der Waals surface area contributed by atoms with Crippen LogP contribution in [0.1, 0.15) is 35.8 Å². The standard InChI is InChI=1S/C23H32N4O4S/c1-18-7-9-26(10-8-18)16-19-3-5-20(6-4-19)24-23(28)22-15-21(17-25(22)2)32(29,30)27-11-13-31-14-12-27/h3-6,15,17-18H,7-14,16H2,1-2H3,(H,24,28). The molecule has 0 saturated carbocycles. The number of nitrogens with one attached hydrogen (secondary N) is 1. The van der Waals surface area contributed by atoms with E-state index in [1.54, 1.807) is 11.6 Å². The molecule has 4 rings (SSSR count). The summed E-state index contributed by atoms with van der Waals surface area (Å²) in [6.07, 6.45) is 3.98. The first kappa shape index (κ1) is 23.0. The van der Waals surface area contributed by atoms with Gasteiger partial charge >= 0.3 is 0 Å². The van der Waals surface area contributed by atoms with E-state index in [0.717, 1.165) is 25.6 Å². The zero-order valence-electron chi connectivity index (χ0n) is 18.8. The first-order valence-electron chi connectivity index (χ1n) is 11.2. The lowest BCUT2D eigenvalue weighted by Crippen LogP contribution is -2.40. The highest BCUT2D eigenvalue weighted by Crippen LogP contribution is 2.22. The third-order valence-electron chi connectivity index (χ3n) is 6.31. The second-order valence-corrected chi connectivity index (χ2v) is 10.7. The number of anilines is 1. The molecule has 2 saturated heterocycles. The Kier molecular flexibility index (Phi) is 6.99. The number of hydrogen-bond donors (Lipinski definition) is 1. The Bertz CT molecular complexity index is 1030. The van der Waals surface area contributed by atoms with Crippen molar-refractivity contribution >= 4 is 21.6 Å². The van der Waals surface area contributed by atoms with Gasteiger partial charge in [-0.15, -0.1) is 0 Å². The molecule has 2 aliphatic heterocycles. The minimum Gasteiger partial charge on any atom is -0.379 e. The number of carbonyl (C=O) groups excluding carboxylic acids is 1. The Balaban J connectivity index is 1.39. The van der Waals surface area contributed by atoms with Crippen LogP contribution in [-0.2, 0) is 28.4 Å². The average molecular weight is 461 g/mol. The molecule has 0 spiro atoms. The van der Waals surface area contributed by atoms with Crippen molar-refractivity contribution in [3.63, 3.8) is 0 Å². The molecule has 1 amide bonds. The van der Waals surface area contributed by atoms with Crippen LogP contribution in [0.15, 0.2) is 41.4 Å². The zero-order chi connectivity index (χ0) is 22.7. The lowest BCUT2D eigenvalue weighted by atomic mass is 9.99. The molecule has 2 fully saturated rings. The SMILES string of the molecule is CC1CCN(Cc2ccc(NC(=O)c3cc(S(=O)(=O)N4CCOCC4)cn3C)cc2)CC1. The number of benzene rings is 1. The highest BCUT2D eigenvalue weighted by Gasteiger charge is 2.28. The van der Waals surface area contributed by atoms with Crippen LogP contribution in [-0.4, -0.2) is 67.5 Å². The number of nitrogens with zero attached hydrogens (tertiary/aromatic N) is 3. The van der Waals surface area contributed by atoms with Crippen LogP contribution in [0.25, 0.3) is 0 Å². The van der Waals surface area contributed by atoms with E-state index in [1.807, 2.05) is 24.3 Å². The number of aromatic nitrogens is 1. The predicted octanol–water partition coefficient (Wildman–Crippen LogP) is 2.53. The predicted molar refractivity (Wildman–Crippen MR) is 123 cm³/mol. The van der Waals surface area contributed by atoms with Gasteiger partial charge in [0, 0.05) is 38.6 Å². The van der Waals surface area contributed by atoms with Crippen LogP contribution >= 0.6 is 0 Å². The lowest BCUT2D eigenvalue weighted by molar-refractivity contribution is 0.0730. The first-order chi connectivity index (χ1) is 15.3. The molecule has 8 nitrogen and oxygen atoms in total. The van der Waals surface area contributed by atoms with E-state index in [2.05, 4.69) is 17.1 Å². The summed E-state index contributed by atoms with van der Waals surface area (Å²) in [5, 5.41) is 2.88. The highest BCUT2D eigenvalue weighted by molar-refractivity contribution is 7.89. The molecule has 2 aliphatic rings. The van der Waals surface area contributed by atoms with Gasteiger partial charge in [-0.2, -0.15) is 4.31 Å². The highest BCUT2D eigenvalue weighted by atomic mass is 32.2. The van der Waals surface area contributed by atoms with Crippen molar-refractivity contribution in [2.45, 2.75) is 31.2 Å². The number of aryl methyl sites for hydroxylation is 1. The van der Waals surface area contributed by atoms with Gasteiger partial charge in [0.2, 0.25) is 10.0 Å². The molecule has 1 aromatic carbocycles. The van der Waals surface area contributed by atoms with Crippen molar-refractivity contribution in [2.24, 2.45) is 13.0 Å². The number of morpholine rings is 1. The zero-order valence-corrected chi connectivity index (χ0v) is 19.6. The number of carbonyl (C=O) groups is 1. The fourth-order valence-electron chi connectivity index (χ4n) is 4.20. The minimum atomic E-state index is -3.65. The number of amides is 1. The molecule has 174 valence electrons. The Labute approximate surface area is 190 Å². The molecule has 0 radical (unpaired) electrons. The Morgan fingerprint density at radius 1 is 1.09 bits per heavy atom. The molecule has 1 N–H and O–H groups in total. The minimum absolute atomic E-state index is 0.123. The van der Waals surface area contributed by atoms with E-state index >= 15 is 0 Å². The van der Waals surface area contributed by atoms with Gasteiger partial charge in [-0.1, -0.05) is 19.1 Å². The van der Waals surface area contributed by atoms with Crippen molar-refractivity contribution in [3.05, 3.63) is 47.8 Å². The monoisotopic (exact) mass is 460 g/mol. The first-order valence-corrected chi connectivity index (χ1v) is 12.6. The lowest BCUT2D eigenvalue weighted by Gasteiger charge is -2.30. The number of hydrogen-bond acceptors (Lipinski definition) is 5. The van der Waals surface area contributed by atoms with Crippen LogP contribution in [0, 0.1) is 5.92 Å². The molecule has 9 heteroatoms. The van der Waals surface area contributed by atoms with Crippen molar-refractivity contribution in [1.82, 2.24) is 13.8 Å². The van der Waals surface area contributed by atoms with Crippen molar-refractivity contribution in [2.75, 3.05) is 44.7 Å². The summed E-state index contributed by atoms with van der Waals surface area (Å²) in [6, 6.07) is 9.30. The molecular weight excluding hydrogens is 428 g/mol. The topological polar surface area (TPSA) is 83.9 Å². The van der Waals surface area contributed by atoms with E-state index in [9.17, 15) is 13.2 Å². The summed E-state index contributed by atoms with van der Waals surface area (Å²) in [5.74, 6) is 0.472. The largest absolute Gasteiger partial charge is 0.379 e. The van der Waals surface area contributed by atoms with E-state index in [-0.39, 0.29) is 10.8 Å². The number of rotatable bonds is 6. The van der Waals surface area contributed by atoms with Gasteiger partial charge in [-0.25, -0.2) is 8.42 Å². The van der Waals surface area contributed by atoms with Crippen molar-refractivity contribution in [1.29, 1.82) is 0 Å². The average Bonchev–Trinajstić information content (AvgIpc) is 3.20. The van der Waals surface area contributed by atoms with E-state index in [1.165, 1.54) is 35.0 Å². The van der Waals surface area contributed by atoms with Gasteiger partial charge in [-0.3, -0.25) is 9.69 Å². The second kappa shape index (κ2) is 9.74. The van der Waals surface area contributed by atoms with Crippen molar-refractivity contribution in [3.8, 4) is 0 Å². The third-order valence-corrected chi connectivity index (χ3v) is 8.18. The molecule has 3 heterocycles. The molecule has 0 bridgehead atoms. The van der Waals surface area contributed by atoms with Crippen LogP contribution in [0.2, 0.25) is 0 Å². The summed E-state index contributed by atoms with van der Waals surface area (Å²) in [5.41, 5.74) is 2.20. The molecule has 32 heavy (non-hydrogen) atoms.